The molecule has 1 aliphatic carbocycles. The number of carbonyl (C=O) groups excluding carboxylic acids is 1. The lowest BCUT2D eigenvalue weighted by atomic mass is 10.0. The summed E-state index contributed by atoms with van der Waals surface area (Å²) in [6.45, 7) is 3.12. The number of amides is 1. The Morgan fingerprint density at radius 2 is 1.78 bits per heavy atom. The van der Waals surface area contributed by atoms with Crippen molar-refractivity contribution in [3.63, 3.8) is 0 Å². The maximum atomic E-state index is 13.5. The number of hydrogen-bond acceptors (Lipinski definition) is 4. The fourth-order valence-electron chi connectivity index (χ4n) is 4.83. The number of amidine groups is 1. The van der Waals surface area contributed by atoms with Crippen molar-refractivity contribution >= 4 is 28.5 Å². The molecule has 2 atom stereocenters. The van der Waals surface area contributed by atoms with Gasteiger partial charge in [-0.05, 0) is 67.5 Å². The van der Waals surface area contributed by atoms with Crippen LogP contribution in [0, 0.1) is 17.8 Å². The van der Waals surface area contributed by atoms with Crippen LogP contribution in [0.3, 0.4) is 0 Å². The van der Waals surface area contributed by atoms with Crippen LogP contribution in [0.2, 0.25) is 0 Å². The van der Waals surface area contributed by atoms with E-state index in [1.165, 1.54) is 0 Å². The van der Waals surface area contributed by atoms with Crippen molar-refractivity contribution < 1.29 is 31.1 Å². The van der Waals surface area contributed by atoms with E-state index in [1.807, 2.05) is 13.0 Å². The molecule has 32 heavy (non-hydrogen) atoms. The zero-order chi connectivity index (χ0) is 23.3. The Labute approximate surface area is 185 Å². The van der Waals surface area contributed by atoms with Gasteiger partial charge in [-0.2, -0.15) is 26.3 Å². The summed E-state index contributed by atoms with van der Waals surface area (Å²) in [6.07, 6.45) is -6.20. The van der Waals surface area contributed by atoms with Crippen LogP contribution in [-0.4, -0.2) is 30.7 Å². The number of benzene rings is 1. The first kappa shape index (κ1) is 23.0. The molecule has 1 amide bonds. The predicted octanol–water partition coefficient (Wildman–Crippen LogP) is 5.95. The number of rotatable bonds is 3. The number of alkyl halides is 6. The molecule has 0 radical (unpaired) electrons. The van der Waals surface area contributed by atoms with Crippen molar-refractivity contribution in [3.05, 3.63) is 40.3 Å². The molecule has 3 aliphatic rings. The van der Waals surface area contributed by atoms with E-state index in [-0.39, 0.29) is 34.7 Å². The lowest BCUT2D eigenvalue weighted by Crippen LogP contribution is -2.25. The molecular formula is C21H21F6N3OS. The Bertz CT molecular complexity index is 957. The summed E-state index contributed by atoms with van der Waals surface area (Å²) >= 11 is 1.09. The maximum Gasteiger partial charge on any atom is 0.418 e. The van der Waals surface area contributed by atoms with Gasteiger partial charge in [-0.1, -0.05) is 6.08 Å². The fraction of sp³-hybridized carbons (Fsp3) is 0.524. The first-order valence-corrected chi connectivity index (χ1v) is 11.1. The lowest BCUT2D eigenvalue weighted by molar-refractivity contribution is -0.142. The molecule has 0 spiro atoms. The molecule has 2 saturated heterocycles. The van der Waals surface area contributed by atoms with Gasteiger partial charge in [0.15, 0.2) is 0 Å². The molecular weight excluding hydrogens is 456 g/mol. The first-order valence-electron chi connectivity index (χ1n) is 10.2. The molecule has 0 aromatic heterocycles. The highest BCUT2D eigenvalue weighted by molar-refractivity contribution is 8.18. The molecule has 4 rings (SSSR count). The van der Waals surface area contributed by atoms with E-state index in [0.29, 0.717) is 31.5 Å². The van der Waals surface area contributed by atoms with E-state index in [0.717, 1.165) is 35.6 Å². The molecule has 1 aromatic carbocycles. The highest BCUT2D eigenvalue weighted by Gasteiger charge is 2.44. The van der Waals surface area contributed by atoms with Gasteiger partial charge in [-0.3, -0.25) is 9.79 Å². The molecule has 1 saturated carbocycles. The van der Waals surface area contributed by atoms with Crippen LogP contribution in [0.25, 0.3) is 0 Å². The monoisotopic (exact) mass is 477 g/mol. The van der Waals surface area contributed by atoms with Gasteiger partial charge in [0.25, 0.3) is 5.24 Å². The summed E-state index contributed by atoms with van der Waals surface area (Å²) in [5.41, 5.74) is -2.76. The number of carbonyl (C=O) groups is 1. The van der Waals surface area contributed by atoms with Gasteiger partial charge in [0.05, 0.1) is 16.0 Å². The Hall–Kier alpha value is -2.17. The number of halogens is 6. The van der Waals surface area contributed by atoms with Crippen LogP contribution in [0.5, 0.6) is 0 Å². The zero-order valence-electron chi connectivity index (χ0n) is 17.1. The van der Waals surface area contributed by atoms with Crippen molar-refractivity contribution in [3.8, 4) is 0 Å². The van der Waals surface area contributed by atoms with E-state index < -0.39 is 23.5 Å². The minimum absolute atomic E-state index is 0.141. The van der Waals surface area contributed by atoms with Crippen molar-refractivity contribution in [2.24, 2.45) is 22.7 Å². The molecule has 1 N–H and O–H groups in total. The smallest absolute Gasteiger partial charge is 0.370 e. The molecule has 174 valence electrons. The summed E-state index contributed by atoms with van der Waals surface area (Å²) in [6, 6.07) is 1.85. The Kier molecular flexibility index (Phi) is 5.98. The fourth-order valence-corrected chi connectivity index (χ4v) is 5.65. The third-order valence-corrected chi connectivity index (χ3v) is 6.95. The molecule has 2 unspecified atom stereocenters. The van der Waals surface area contributed by atoms with E-state index in [9.17, 15) is 31.1 Å². The van der Waals surface area contributed by atoms with Crippen molar-refractivity contribution in [1.29, 1.82) is 0 Å². The zero-order valence-corrected chi connectivity index (χ0v) is 17.9. The number of anilines is 1. The van der Waals surface area contributed by atoms with Crippen LogP contribution in [0.15, 0.2) is 34.2 Å². The SMILES string of the molecule is CCN=C1NC(=O)SC1=CC1CC2CN(c3ccc(C(F)(F)F)cc3C(F)(F)F)CC2C1. The summed E-state index contributed by atoms with van der Waals surface area (Å²) in [5, 5.41) is 2.52. The second-order valence-corrected chi connectivity index (χ2v) is 9.27. The van der Waals surface area contributed by atoms with Crippen LogP contribution in [0.4, 0.5) is 36.8 Å². The second-order valence-electron chi connectivity index (χ2n) is 8.25. The highest BCUT2D eigenvalue weighted by atomic mass is 32.2. The van der Waals surface area contributed by atoms with Crippen LogP contribution in [-0.2, 0) is 12.4 Å². The third-order valence-electron chi connectivity index (χ3n) is 6.12. The van der Waals surface area contributed by atoms with Gasteiger partial charge >= 0.3 is 12.4 Å². The van der Waals surface area contributed by atoms with Gasteiger partial charge in [-0.25, -0.2) is 0 Å². The number of hydrogen-bond donors (Lipinski definition) is 1. The van der Waals surface area contributed by atoms with E-state index >= 15 is 0 Å². The number of allylic oxidation sites excluding steroid dienone is 1. The van der Waals surface area contributed by atoms with Crippen molar-refractivity contribution in [1.82, 2.24) is 5.32 Å². The van der Waals surface area contributed by atoms with E-state index in [2.05, 4.69) is 10.3 Å². The predicted molar refractivity (Wildman–Crippen MR) is 111 cm³/mol. The average molecular weight is 477 g/mol. The number of nitrogens with one attached hydrogen (secondary N) is 1. The number of fused-ring (bicyclic) bond motifs is 1. The highest BCUT2D eigenvalue weighted by Crippen LogP contribution is 2.47. The first-order chi connectivity index (χ1) is 15.0. The minimum Gasteiger partial charge on any atom is -0.370 e. The summed E-state index contributed by atoms with van der Waals surface area (Å²) in [7, 11) is 0. The minimum atomic E-state index is -4.88. The normalized spacial score (nSPS) is 28.7. The van der Waals surface area contributed by atoms with E-state index in [4.69, 9.17) is 0 Å². The Morgan fingerprint density at radius 1 is 1.12 bits per heavy atom. The van der Waals surface area contributed by atoms with Gasteiger partial charge in [0.2, 0.25) is 0 Å². The molecule has 3 fully saturated rings. The van der Waals surface area contributed by atoms with Gasteiger partial charge in [0.1, 0.15) is 5.84 Å². The summed E-state index contributed by atoms with van der Waals surface area (Å²) in [5.74, 6) is 1.02. The van der Waals surface area contributed by atoms with Crippen LogP contribution < -0.4 is 10.2 Å². The molecule has 4 nitrogen and oxygen atoms in total. The van der Waals surface area contributed by atoms with Crippen LogP contribution >= 0.6 is 11.8 Å². The molecule has 11 heteroatoms. The second kappa shape index (κ2) is 8.31. The van der Waals surface area contributed by atoms with E-state index in [1.54, 1.807) is 4.90 Å². The topological polar surface area (TPSA) is 44.7 Å². The molecule has 2 aliphatic heterocycles. The number of nitrogens with zero attached hydrogens (tertiary/aromatic N) is 2. The molecule has 2 heterocycles. The van der Waals surface area contributed by atoms with Gasteiger partial charge in [-0.15, -0.1) is 0 Å². The molecule has 0 bridgehead atoms. The van der Waals surface area contributed by atoms with Crippen molar-refractivity contribution in [2.45, 2.75) is 32.1 Å². The summed E-state index contributed by atoms with van der Waals surface area (Å²) < 4.78 is 79.4. The maximum absolute atomic E-state index is 13.5. The van der Waals surface area contributed by atoms with Gasteiger partial charge in [0, 0.05) is 25.3 Å². The third kappa shape index (κ3) is 4.62. The summed E-state index contributed by atoms with van der Waals surface area (Å²) in [4.78, 5) is 18.3. The Morgan fingerprint density at radius 3 is 2.34 bits per heavy atom. The lowest BCUT2D eigenvalue weighted by Gasteiger charge is -2.25. The standard InChI is InChI=1S/C21H21F6N3OS/c1-2-28-18-17(32-19(31)29-18)7-11-5-12-9-30(10-13(12)6-11)16-4-3-14(20(22,23)24)8-15(16)21(25,26)27/h3-4,7-8,11-13H,2,5-6,9-10H2,1H3,(H,28,29,31). The number of thioether (sulfide) groups is 1. The van der Waals surface area contributed by atoms with Gasteiger partial charge < -0.3 is 10.2 Å². The van der Waals surface area contributed by atoms with Crippen LogP contribution in [0.1, 0.15) is 30.9 Å². The molecule has 1 aromatic rings. The average Bonchev–Trinajstić information content (AvgIpc) is 3.33. The quantitative estimate of drug-likeness (QED) is 0.548. The largest absolute Gasteiger partial charge is 0.418 e. The van der Waals surface area contributed by atoms with Crippen molar-refractivity contribution in [2.75, 3.05) is 24.5 Å². The Balaban J connectivity index is 1.50. The number of aliphatic imine (C=N–C) groups is 1.